The van der Waals surface area contributed by atoms with Crippen LogP contribution in [0.5, 0.6) is 5.75 Å². The van der Waals surface area contributed by atoms with Crippen LogP contribution in [0.4, 0.5) is 10.1 Å². The van der Waals surface area contributed by atoms with Gasteiger partial charge in [0, 0.05) is 24.0 Å². The second-order valence-electron chi connectivity index (χ2n) is 11.0. The SMILES string of the molecule is CCOc1ccc(N(CC(=O)N(Cc2ccccc2Cl)[C@H](Cc2ccccc2)C(=O)N[C@@H](C)CC)S(=O)(=O)c2ccc(F)cc2)cc1. The van der Waals surface area contributed by atoms with E-state index in [0.717, 1.165) is 34.1 Å². The molecule has 0 fully saturated rings. The Morgan fingerprint density at radius 2 is 1.53 bits per heavy atom. The van der Waals surface area contributed by atoms with Crippen LogP contribution < -0.4 is 14.4 Å². The minimum absolute atomic E-state index is 0.0579. The minimum atomic E-state index is -4.38. The largest absolute Gasteiger partial charge is 0.494 e. The Bertz CT molecular complexity index is 1740. The molecule has 4 rings (SSSR count). The first-order chi connectivity index (χ1) is 22.5. The molecule has 0 bridgehead atoms. The molecule has 0 aliphatic rings. The molecule has 248 valence electrons. The van der Waals surface area contributed by atoms with Gasteiger partial charge in [-0.1, -0.05) is 67.1 Å². The van der Waals surface area contributed by atoms with Crippen LogP contribution in [0.25, 0.3) is 0 Å². The second-order valence-corrected chi connectivity index (χ2v) is 13.3. The van der Waals surface area contributed by atoms with Crippen molar-refractivity contribution in [1.29, 1.82) is 0 Å². The Morgan fingerprint density at radius 3 is 2.15 bits per heavy atom. The fourth-order valence-corrected chi connectivity index (χ4v) is 6.55. The Balaban J connectivity index is 1.81. The van der Waals surface area contributed by atoms with E-state index in [9.17, 15) is 22.4 Å². The van der Waals surface area contributed by atoms with Gasteiger partial charge in [-0.15, -0.1) is 0 Å². The second kappa shape index (κ2) is 16.4. The van der Waals surface area contributed by atoms with Gasteiger partial charge in [-0.25, -0.2) is 12.8 Å². The van der Waals surface area contributed by atoms with Crippen molar-refractivity contribution in [3.8, 4) is 5.75 Å². The third kappa shape index (κ3) is 9.33. The maximum Gasteiger partial charge on any atom is 0.264 e. The van der Waals surface area contributed by atoms with Gasteiger partial charge in [0.15, 0.2) is 0 Å². The number of carbonyl (C=O) groups is 2. The molecule has 4 aromatic rings. The maximum absolute atomic E-state index is 14.5. The molecule has 0 aromatic heterocycles. The number of hydrogen-bond donors (Lipinski definition) is 1. The number of hydrogen-bond acceptors (Lipinski definition) is 5. The van der Waals surface area contributed by atoms with Gasteiger partial charge in [-0.2, -0.15) is 0 Å². The van der Waals surface area contributed by atoms with Gasteiger partial charge in [0.05, 0.1) is 17.2 Å². The molecule has 1 N–H and O–H groups in total. The molecular weight excluding hydrogens is 641 g/mol. The smallest absolute Gasteiger partial charge is 0.264 e. The number of halogens is 2. The number of nitrogens with zero attached hydrogens (tertiary/aromatic N) is 2. The van der Waals surface area contributed by atoms with Crippen molar-refractivity contribution in [3.05, 3.63) is 125 Å². The summed E-state index contributed by atoms with van der Waals surface area (Å²) in [6, 6.07) is 25.8. The van der Waals surface area contributed by atoms with Crippen molar-refractivity contribution in [2.24, 2.45) is 0 Å². The summed E-state index contributed by atoms with van der Waals surface area (Å²) >= 11 is 6.54. The van der Waals surface area contributed by atoms with Crippen LogP contribution in [0.1, 0.15) is 38.3 Å². The number of amides is 2. The molecule has 11 heteroatoms. The van der Waals surface area contributed by atoms with Gasteiger partial charge in [0.2, 0.25) is 11.8 Å². The minimum Gasteiger partial charge on any atom is -0.494 e. The molecular formula is C36H39ClFN3O5S. The molecule has 47 heavy (non-hydrogen) atoms. The highest BCUT2D eigenvalue weighted by atomic mass is 35.5. The summed E-state index contributed by atoms with van der Waals surface area (Å²) in [4.78, 5) is 29.7. The molecule has 0 unspecified atom stereocenters. The number of anilines is 1. The first-order valence-electron chi connectivity index (χ1n) is 15.4. The Hall–Kier alpha value is -4.41. The Morgan fingerprint density at radius 1 is 0.894 bits per heavy atom. The van der Waals surface area contributed by atoms with Gasteiger partial charge < -0.3 is 15.0 Å². The van der Waals surface area contributed by atoms with Crippen LogP contribution in [0, 0.1) is 5.82 Å². The van der Waals surface area contributed by atoms with Gasteiger partial charge in [0.25, 0.3) is 10.0 Å². The first-order valence-corrected chi connectivity index (χ1v) is 17.2. The molecule has 2 atom stereocenters. The number of ether oxygens (including phenoxy) is 1. The van der Waals surface area contributed by atoms with Crippen LogP contribution in [0.2, 0.25) is 5.02 Å². The lowest BCUT2D eigenvalue weighted by Crippen LogP contribution is -2.54. The third-order valence-corrected chi connectivity index (χ3v) is 9.84. The van der Waals surface area contributed by atoms with Gasteiger partial charge in [0.1, 0.15) is 24.2 Å². The monoisotopic (exact) mass is 679 g/mol. The topological polar surface area (TPSA) is 96.0 Å². The summed E-state index contributed by atoms with van der Waals surface area (Å²) in [7, 11) is -4.38. The molecule has 0 aliphatic heterocycles. The van der Waals surface area contributed by atoms with Crippen molar-refractivity contribution in [3.63, 3.8) is 0 Å². The van der Waals surface area contributed by atoms with Gasteiger partial charge in [-0.3, -0.25) is 13.9 Å². The van der Waals surface area contributed by atoms with Crippen molar-refractivity contribution in [2.45, 2.75) is 57.1 Å². The molecule has 0 radical (unpaired) electrons. The zero-order valence-corrected chi connectivity index (χ0v) is 28.2. The maximum atomic E-state index is 14.5. The Kier molecular flexibility index (Phi) is 12.4. The third-order valence-electron chi connectivity index (χ3n) is 7.69. The highest BCUT2D eigenvalue weighted by Crippen LogP contribution is 2.28. The van der Waals surface area contributed by atoms with Crippen LogP contribution in [-0.2, 0) is 32.6 Å². The summed E-state index contributed by atoms with van der Waals surface area (Å²) in [5.41, 5.74) is 1.59. The fraction of sp³-hybridized carbons (Fsp3) is 0.278. The standard InChI is InChI=1S/C36H39ClFN3O5S/c1-4-26(3)39-36(43)34(23-27-11-7-6-8-12-27)40(24-28-13-9-10-14-33(28)37)35(42)25-41(30-17-19-31(20-18-30)46-5-2)47(44,45)32-21-15-29(38)16-22-32/h6-22,26,34H,4-5,23-25H2,1-3H3,(H,39,43)/t26-,34+/m0/s1. The van der Waals surface area contributed by atoms with Crippen LogP contribution in [0.3, 0.4) is 0 Å². The first kappa shape index (κ1) is 35.4. The molecule has 0 spiro atoms. The normalized spacial score (nSPS) is 12.5. The van der Waals surface area contributed by atoms with Gasteiger partial charge >= 0.3 is 0 Å². The molecule has 2 amide bonds. The van der Waals surface area contributed by atoms with E-state index < -0.39 is 34.3 Å². The summed E-state index contributed by atoms with van der Waals surface area (Å²) in [5, 5.41) is 3.40. The quantitative estimate of drug-likeness (QED) is 0.152. The summed E-state index contributed by atoms with van der Waals surface area (Å²) in [6.45, 7) is 5.35. The van der Waals surface area contributed by atoms with Crippen molar-refractivity contribution < 1.29 is 27.1 Å². The molecule has 0 heterocycles. The summed E-state index contributed by atoms with van der Waals surface area (Å²) in [5.74, 6) is -1.09. The predicted octanol–water partition coefficient (Wildman–Crippen LogP) is 6.63. The number of benzene rings is 4. The average Bonchev–Trinajstić information content (AvgIpc) is 3.07. The van der Waals surface area contributed by atoms with E-state index in [2.05, 4.69) is 5.32 Å². The van der Waals surface area contributed by atoms with Crippen LogP contribution >= 0.6 is 11.6 Å². The number of carbonyl (C=O) groups excluding carboxylic acids is 2. The lowest BCUT2D eigenvalue weighted by atomic mass is 10.0. The molecule has 0 aliphatic carbocycles. The zero-order chi connectivity index (χ0) is 34.0. The van der Waals surface area contributed by atoms with E-state index >= 15 is 0 Å². The van der Waals surface area contributed by atoms with E-state index in [4.69, 9.17) is 16.3 Å². The van der Waals surface area contributed by atoms with Crippen LogP contribution in [-0.4, -0.2) is 50.4 Å². The van der Waals surface area contributed by atoms with E-state index in [1.54, 1.807) is 36.4 Å². The number of nitrogens with one attached hydrogen (secondary N) is 1. The molecule has 8 nitrogen and oxygen atoms in total. The summed E-state index contributed by atoms with van der Waals surface area (Å²) < 4.78 is 48.5. The summed E-state index contributed by atoms with van der Waals surface area (Å²) in [6.07, 6.45) is 0.844. The predicted molar refractivity (Wildman–Crippen MR) is 182 cm³/mol. The zero-order valence-electron chi connectivity index (χ0n) is 26.6. The van der Waals surface area contributed by atoms with Crippen LogP contribution in [0.15, 0.2) is 108 Å². The lowest BCUT2D eigenvalue weighted by Gasteiger charge is -2.34. The number of rotatable bonds is 15. The Labute approximate surface area is 281 Å². The van der Waals surface area contributed by atoms with E-state index in [-0.39, 0.29) is 35.5 Å². The van der Waals surface area contributed by atoms with Crippen molar-refractivity contribution >= 4 is 39.1 Å². The van der Waals surface area contributed by atoms with E-state index in [1.165, 1.54) is 17.0 Å². The average molecular weight is 680 g/mol. The highest BCUT2D eigenvalue weighted by molar-refractivity contribution is 7.92. The van der Waals surface area contributed by atoms with E-state index in [1.807, 2.05) is 51.1 Å². The fourth-order valence-electron chi connectivity index (χ4n) is 4.94. The molecule has 4 aromatic carbocycles. The lowest BCUT2D eigenvalue weighted by molar-refractivity contribution is -0.140. The highest BCUT2D eigenvalue weighted by Gasteiger charge is 2.35. The number of sulfonamides is 1. The van der Waals surface area contributed by atoms with E-state index in [0.29, 0.717) is 29.4 Å². The van der Waals surface area contributed by atoms with Crippen molar-refractivity contribution in [2.75, 3.05) is 17.5 Å². The molecule has 0 saturated carbocycles. The van der Waals surface area contributed by atoms with Crippen molar-refractivity contribution in [1.82, 2.24) is 10.2 Å². The molecule has 0 saturated heterocycles. The van der Waals surface area contributed by atoms with Gasteiger partial charge in [-0.05, 0) is 86.0 Å².